The summed E-state index contributed by atoms with van der Waals surface area (Å²) in [7, 11) is 0. The Balaban J connectivity index is 2.40. The standard InChI is InChI=1S/C16H20/c1-4-14-15(12(2)3)10-11-16(14)13-8-6-5-7-9-13/h5-10,12H,4,11H2,1-3H3. The molecule has 1 aromatic carbocycles. The number of benzene rings is 1. The van der Waals surface area contributed by atoms with E-state index in [1.54, 1.807) is 11.1 Å². The number of hydrogen-bond donors (Lipinski definition) is 0. The van der Waals surface area contributed by atoms with Gasteiger partial charge in [-0.25, -0.2) is 0 Å². The average molecular weight is 212 g/mol. The minimum atomic E-state index is 0.649. The zero-order valence-electron chi connectivity index (χ0n) is 10.5. The first kappa shape index (κ1) is 11.2. The summed E-state index contributed by atoms with van der Waals surface area (Å²) < 4.78 is 0. The van der Waals surface area contributed by atoms with Crippen molar-refractivity contribution in [2.75, 3.05) is 0 Å². The summed E-state index contributed by atoms with van der Waals surface area (Å²) in [6.07, 6.45) is 4.67. The molecule has 0 N–H and O–H groups in total. The van der Waals surface area contributed by atoms with Gasteiger partial charge < -0.3 is 0 Å². The van der Waals surface area contributed by atoms with Gasteiger partial charge in [0, 0.05) is 0 Å². The molecule has 0 saturated heterocycles. The maximum Gasteiger partial charge on any atom is -0.00826 e. The van der Waals surface area contributed by atoms with E-state index in [4.69, 9.17) is 0 Å². The van der Waals surface area contributed by atoms with E-state index in [1.165, 1.54) is 11.1 Å². The summed E-state index contributed by atoms with van der Waals surface area (Å²) >= 11 is 0. The highest BCUT2D eigenvalue weighted by atomic mass is 14.2. The second-order valence-electron chi connectivity index (χ2n) is 4.69. The first-order valence-corrected chi connectivity index (χ1v) is 6.22. The van der Waals surface area contributed by atoms with Gasteiger partial charge in [0.25, 0.3) is 0 Å². The summed E-state index contributed by atoms with van der Waals surface area (Å²) in [5.74, 6) is 0.649. The Bertz CT molecular complexity index is 419. The van der Waals surface area contributed by atoms with Crippen LogP contribution in [0.4, 0.5) is 0 Å². The van der Waals surface area contributed by atoms with Crippen molar-refractivity contribution in [2.24, 2.45) is 5.92 Å². The molecule has 1 aromatic rings. The molecule has 0 aliphatic heterocycles. The van der Waals surface area contributed by atoms with E-state index in [2.05, 4.69) is 57.2 Å². The lowest BCUT2D eigenvalue weighted by atomic mass is 9.92. The first-order valence-electron chi connectivity index (χ1n) is 6.22. The van der Waals surface area contributed by atoms with Crippen molar-refractivity contribution in [2.45, 2.75) is 33.6 Å². The molecule has 1 aliphatic carbocycles. The molecule has 0 radical (unpaired) electrons. The second kappa shape index (κ2) is 4.69. The molecular weight excluding hydrogens is 192 g/mol. The van der Waals surface area contributed by atoms with Crippen LogP contribution in [0.15, 0.2) is 47.6 Å². The average Bonchev–Trinajstić information content (AvgIpc) is 2.73. The molecule has 2 rings (SSSR count). The Kier molecular flexibility index (Phi) is 3.28. The summed E-state index contributed by atoms with van der Waals surface area (Å²) in [5, 5.41) is 0. The maximum absolute atomic E-state index is 2.41. The molecule has 0 heteroatoms. The molecule has 0 heterocycles. The van der Waals surface area contributed by atoms with Gasteiger partial charge in [0.1, 0.15) is 0 Å². The van der Waals surface area contributed by atoms with Crippen molar-refractivity contribution in [3.8, 4) is 0 Å². The van der Waals surface area contributed by atoms with E-state index in [1.807, 2.05) is 0 Å². The highest BCUT2D eigenvalue weighted by Gasteiger charge is 2.18. The molecule has 0 fully saturated rings. The van der Waals surface area contributed by atoms with Crippen LogP contribution < -0.4 is 0 Å². The zero-order chi connectivity index (χ0) is 11.5. The predicted molar refractivity (Wildman–Crippen MR) is 71.2 cm³/mol. The molecule has 0 unspecified atom stereocenters. The SMILES string of the molecule is CCC1=C(c2ccccc2)CC=C1C(C)C. The summed E-state index contributed by atoms with van der Waals surface area (Å²) in [6.45, 7) is 6.84. The fourth-order valence-corrected chi connectivity index (χ4v) is 2.57. The van der Waals surface area contributed by atoms with Gasteiger partial charge in [-0.2, -0.15) is 0 Å². The molecular formula is C16H20. The summed E-state index contributed by atoms with van der Waals surface area (Å²) in [6, 6.07) is 10.8. The van der Waals surface area contributed by atoms with Crippen LogP contribution in [0.3, 0.4) is 0 Å². The fraction of sp³-hybridized carbons (Fsp3) is 0.375. The minimum absolute atomic E-state index is 0.649. The Morgan fingerprint density at radius 3 is 2.38 bits per heavy atom. The maximum atomic E-state index is 2.41. The lowest BCUT2D eigenvalue weighted by Crippen LogP contribution is -1.96. The lowest BCUT2D eigenvalue weighted by molar-refractivity contribution is 0.771. The Hall–Kier alpha value is -1.30. The Morgan fingerprint density at radius 1 is 1.12 bits per heavy atom. The van der Waals surface area contributed by atoms with Gasteiger partial charge in [0.15, 0.2) is 0 Å². The van der Waals surface area contributed by atoms with Crippen molar-refractivity contribution in [1.82, 2.24) is 0 Å². The minimum Gasteiger partial charge on any atom is -0.0763 e. The van der Waals surface area contributed by atoms with Crippen molar-refractivity contribution in [3.63, 3.8) is 0 Å². The largest absolute Gasteiger partial charge is 0.0763 e. The Morgan fingerprint density at radius 2 is 1.81 bits per heavy atom. The molecule has 0 spiro atoms. The highest BCUT2D eigenvalue weighted by Crippen LogP contribution is 2.38. The Labute approximate surface area is 98.7 Å². The molecule has 16 heavy (non-hydrogen) atoms. The topological polar surface area (TPSA) is 0 Å². The normalized spacial score (nSPS) is 15.9. The van der Waals surface area contributed by atoms with E-state index in [0.29, 0.717) is 5.92 Å². The lowest BCUT2D eigenvalue weighted by Gasteiger charge is -2.13. The van der Waals surface area contributed by atoms with Crippen LogP contribution in [-0.2, 0) is 0 Å². The van der Waals surface area contributed by atoms with Gasteiger partial charge in [0.05, 0.1) is 0 Å². The van der Waals surface area contributed by atoms with Crippen LogP contribution >= 0.6 is 0 Å². The second-order valence-corrected chi connectivity index (χ2v) is 4.69. The van der Waals surface area contributed by atoms with E-state index >= 15 is 0 Å². The molecule has 0 nitrogen and oxygen atoms in total. The number of hydrogen-bond acceptors (Lipinski definition) is 0. The number of allylic oxidation sites excluding steroid dienone is 4. The van der Waals surface area contributed by atoms with E-state index in [0.717, 1.165) is 12.8 Å². The molecule has 0 saturated carbocycles. The van der Waals surface area contributed by atoms with Crippen LogP contribution in [-0.4, -0.2) is 0 Å². The van der Waals surface area contributed by atoms with Gasteiger partial charge in [-0.15, -0.1) is 0 Å². The monoisotopic (exact) mass is 212 g/mol. The van der Waals surface area contributed by atoms with E-state index < -0.39 is 0 Å². The van der Waals surface area contributed by atoms with Crippen molar-refractivity contribution < 1.29 is 0 Å². The fourth-order valence-electron chi connectivity index (χ4n) is 2.57. The molecule has 0 bridgehead atoms. The van der Waals surface area contributed by atoms with Gasteiger partial charge in [-0.3, -0.25) is 0 Å². The van der Waals surface area contributed by atoms with Crippen LogP contribution in [0.2, 0.25) is 0 Å². The zero-order valence-corrected chi connectivity index (χ0v) is 10.5. The summed E-state index contributed by atoms with van der Waals surface area (Å²) in [5.41, 5.74) is 6.06. The first-order chi connectivity index (χ1) is 7.74. The van der Waals surface area contributed by atoms with Crippen LogP contribution in [0.25, 0.3) is 5.57 Å². The van der Waals surface area contributed by atoms with E-state index in [-0.39, 0.29) is 0 Å². The molecule has 1 aliphatic rings. The highest BCUT2D eigenvalue weighted by molar-refractivity contribution is 5.77. The smallest absolute Gasteiger partial charge is 0.00826 e. The van der Waals surface area contributed by atoms with Crippen LogP contribution in [0, 0.1) is 5.92 Å². The van der Waals surface area contributed by atoms with Gasteiger partial charge >= 0.3 is 0 Å². The van der Waals surface area contributed by atoms with Crippen molar-refractivity contribution in [3.05, 3.63) is 53.1 Å². The summed E-state index contributed by atoms with van der Waals surface area (Å²) in [4.78, 5) is 0. The third kappa shape index (κ3) is 1.97. The molecule has 84 valence electrons. The van der Waals surface area contributed by atoms with Crippen molar-refractivity contribution in [1.29, 1.82) is 0 Å². The van der Waals surface area contributed by atoms with Crippen LogP contribution in [0.5, 0.6) is 0 Å². The third-order valence-corrected chi connectivity index (χ3v) is 3.34. The van der Waals surface area contributed by atoms with Gasteiger partial charge in [0.2, 0.25) is 0 Å². The van der Waals surface area contributed by atoms with E-state index in [9.17, 15) is 0 Å². The van der Waals surface area contributed by atoms with Gasteiger partial charge in [-0.1, -0.05) is 57.2 Å². The third-order valence-electron chi connectivity index (χ3n) is 3.34. The van der Waals surface area contributed by atoms with Crippen molar-refractivity contribution >= 4 is 5.57 Å². The van der Waals surface area contributed by atoms with Gasteiger partial charge in [-0.05, 0) is 41.0 Å². The quantitative estimate of drug-likeness (QED) is 0.672. The van der Waals surface area contributed by atoms with Crippen LogP contribution in [0.1, 0.15) is 39.2 Å². The number of rotatable bonds is 3. The molecule has 0 atom stereocenters. The molecule has 0 aromatic heterocycles. The predicted octanol–water partition coefficient (Wildman–Crippen LogP) is 4.84. The molecule has 0 amide bonds.